The number of carbonyl (C=O) groups is 3. The van der Waals surface area contributed by atoms with Crippen molar-refractivity contribution >= 4 is 23.3 Å². The third-order valence-corrected chi connectivity index (χ3v) is 4.51. The molecule has 0 radical (unpaired) electrons. The number of ether oxygens (including phenoxy) is 2. The summed E-state index contributed by atoms with van der Waals surface area (Å²) in [6, 6.07) is 22.6. The largest absolute Gasteiger partial charge is 0.482 e. The van der Waals surface area contributed by atoms with Gasteiger partial charge in [0, 0.05) is 16.8 Å². The number of amides is 1. The van der Waals surface area contributed by atoms with E-state index in [1.807, 2.05) is 25.1 Å². The SMILES string of the molecule is CC(=O)c1cccc(OCC(=O)O[C@H](C(=O)Nc2ccc(C)cc2)c2ccccc2)c1. The second kappa shape index (κ2) is 10.2. The predicted molar refractivity (Wildman–Crippen MR) is 117 cm³/mol. The highest BCUT2D eigenvalue weighted by atomic mass is 16.6. The first-order valence-corrected chi connectivity index (χ1v) is 9.78. The number of anilines is 1. The molecule has 6 heteroatoms. The summed E-state index contributed by atoms with van der Waals surface area (Å²) in [4.78, 5) is 36.8. The van der Waals surface area contributed by atoms with Gasteiger partial charge < -0.3 is 14.8 Å². The second-order valence-electron chi connectivity index (χ2n) is 7.01. The van der Waals surface area contributed by atoms with E-state index in [1.54, 1.807) is 60.7 Å². The van der Waals surface area contributed by atoms with Gasteiger partial charge in [-0.1, -0.05) is 60.2 Å². The summed E-state index contributed by atoms with van der Waals surface area (Å²) in [5.41, 5.74) is 2.68. The van der Waals surface area contributed by atoms with Gasteiger partial charge in [-0.2, -0.15) is 0 Å². The molecule has 0 aromatic heterocycles. The third kappa shape index (κ3) is 6.27. The van der Waals surface area contributed by atoms with Gasteiger partial charge in [-0.25, -0.2) is 4.79 Å². The number of Topliss-reactive ketones (excluding diaryl/α,β-unsaturated/α-hetero) is 1. The molecule has 0 aliphatic rings. The summed E-state index contributed by atoms with van der Waals surface area (Å²) in [6.45, 7) is 3.00. The molecule has 1 N–H and O–H groups in total. The molecule has 0 bridgehead atoms. The van der Waals surface area contributed by atoms with E-state index in [0.717, 1.165) is 5.56 Å². The average molecular weight is 417 g/mol. The second-order valence-corrected chi connectivity index (χ2v) is 7.01. The van der Waals surface area contributed by atoms with E-state index in [0.29, 0.717) is 22.6 Å². The van der Waals surface area contributed by atoms with Crippen molar-refractivity contribution in [2.24, 2.45) is 0 Å². The molecule has 0 spiro atoms. The summed E-state index contributed by atoms with van der Waals surface area (Å²) >= 11 is 0. The van der Waals surface area contributed by atoms with Gasteiger partial charge in [0.1, 0.15) is 5.75 Å². The molecule has 31 heavy (non-hydrogen) atoms. The maximum atomic E-state index is 12.9. The quantitative estimate of drug-likeness (QED) is 0.431. The lowest BCUT2D eigenvalue weighted by Crippen LogP contribution is -2.28. The van der Waals surface area contributed by atoms with Crippen LogP contribution < -0.4 is 10.1 Å². The van der Waals surface area contributed by atoms with Gasteiger partial charge >= 0.3 is 5.97 Å². The topological polar surface area (TPSA) is 81.7 Å². The van der Waals surface area contributed by atoms with Gasteiger partial charge in [0.2, 0.25) is 6.10 Å². The van der Waals surface area contributed by atoms with E-state index in [2.05, 4.69) is 5.32 Å². The number of hydrogen-bond donors (Lipinski definition) is 1. The Hall–Kier alpha value is -3.93. The molecule has 0 aliphatic carbocycles. The van der Waals surface area contributed by atoms with Crippen LogP contribution in [-0.2, 0) is 14.3 Å². The molecular weight excluding hydrogens is 394 g/mol. The molecule has 1 atom stereocenters. The number of esters is 1. The van der Waals surface area contributed by atoms with Crippen molar-refractivity contribution in [3.05, 3.63) is 95.6 Å². The molecule has 0 saturated heterocycles. The molecule has 0 fully saturated rings. The van der Waals surface area contributed by atoms with Crippen molar-refractivity contribution in [1.82, 2.24) is 0 Å². The van der Waals surface area contributed by atoms with Gasteiger partial charge in [-0.05, 0) is 38.1 Å². The lowest BCUT2D eigenvalue weighted by Gasteiger charge is -2.18. The van der Waals surface area contributed by atoms with Crippen molar-refractivity contribution in [2.45, 2.75) is 20.0 Å². The van der Waals surface area contributed by atoms with E-state index in [-0.39, 0.29) is 5.78 Å². The zero-order chi connectivity index (χ0) is 22.2. The number of aryl methyl sites for hydroxylation is 1. The van der Waals surface area contributed by atoms with Gasteiger partial charge in [0.15, 0.2) is 12.4 Å². The lowest BCUT2D eigenvalue weighted by molar-refractivity contribution is -0.156. The molecule has 0 aliphatic heterocycles. The van der Waals surface area contributed by atoms with Crippen LogP contribution in [0, 0.1) is 6.92 Å². The van der Waals surface area contributed by atoms with Crippen molar-refractivity contribution in [1.29, 1.82) is 0 Å². The number of hydrogen-bond acceptors (Lipinski definition) is 5. The Morgan fingerprint density at radius 3 is 2.29 bits per heavy atom. The van der Waals surface area contributed by atoms with Crippen molar-refractivity contribution in [2.75, 3.05) is 11.9 Å². The number of ketones is 1. The molecule has 0 unspecified atom stereocenters. The molecule has 3 aromatic rings. The Balaban J connectivity index is 1.69. The Morgan fingerprint density at radius 1 is 0.903 bits per heavy atom. The summed E-state index contributed by atoms with van der Waals surface area (Å²) in [7, 11) is 0. The van der Waals surface area contributed by atoms with Crippen LogP contribution in [0.25, 0.3) is 0 Å². The zero-order valence-corrected chi connectivity index (χ0v) is 17.3. The molecule has 6 nitrogen and oxygen atoms in total. The molecular formula is C25H23NO5. The normalized spacial score (nSPS) is 11.3. The van der Waals surface area contributed by atoms with E-state index in [4.69, 9.17) is 9.47 Å². The Morgan fingerprint density at radius 2 is 1.61 bits per heavy atom. The molecule has 0 heterocycles. The van der Waals surface area contributed by atoms with Crippen LogP contribution in [0.15, 0.2) is 78.9 Å². The first-order valence-electron chi connectivity index (χ1n) is 9.78. The minimum absolute atomic E-state index is 0.107. The summed E-state index contributed by atoms with van der Waals surface area (Å²) in [5.74, 6) is -0.918. The minimum Gasteiger partial charge on any atom is -0.482 e. The number of carbonyl (C=O) groups excluding carboxylic acids is 3. The van der Waals surface area contributed by atoms with E-state index in [9.17, 15) is 14.4 Å². The van der Waals surface area contributed by atoms with Gasteiger partial charge in [-0.15, -0.1) is 0 Å². The Kier molecular flexibility index (Phi) is 7.17. The third-order valence-electron chi connectivity index (χ3n) is 4.51. The number of rotatable bonds is 8. The maximum absolute atomic E-state index is 12.9. The van der Waals surface area contributed by atoms with E-state index >= 15 is 0 Å². The lowest BCUT2D eigenvalue weighted by atomic mass is 10.1. The maximum Gasteiger partial charge on any atom is 0.345 e. The van der Waals surface area contributed by atoms with Crippen molar-refractivity contribution in [3.8, 4) is 5.75 Å². The molecule has 3 rings (SSSR count). The van der Waals surface area contributed by atoms with Crippen LogP contribution in [0.5, 0.6) is 5.75 Å². The van der Waals surface area contributed by atoms with Crippen LogP contribution >= 0.6 is 0 Å². The van der Waals surface area contributed by atoms with Crippen LogP contribution in [0.4, 0.5) is 5.69 Å². The molecule has 3 aromatic carbocycles. The highest BCUT2D eigenvalue weighted by molar-refractivity contribution is 5.96. The predicted octanol–water partition coefficient (Wildman–Crippen LogP) is 4.50. The average Bonchev–Trinajstić information content (AvgIpc) is 2.78. The van der Waals surface area contributed by atoms with Crippen LogP contribution in [0.1, 0.15) is 34.5 Å². The van der Waals surface area contributed by atoms with Gasteiger partial charge in [0.05, 0.1) is 0 Å². The van der Waals surface area contributed by atoms with Gasteiger partial charge in [0.25, 0.3) is 5.91 Å². The monoisotopic (exact) mass is 417 g/mol. The number of benzene rings is 3. The highest BCUT2D eigenvalue weighted by Gasteiger charge is 2.25. The van der Waals surface area contributed by atoms with Crippen molar-refractivity contribution in [3.63, 3.8) is 0 Å². The minimum atomic E-state index is -1.14. The first-order chi connectivity index (χ1) is 14.9. The number of nitrogens with one attached hydrogen (secondary N) is 1. The smallest absolute Gasteiger partial charge is 0.345 e. The summed E-state index contributed by atoms with van der Waals surface area (Å²) in [6.07, 6.45) is -1.14. The zero-order valence-electron chi connectivity index (χ0n) is 17.3. The highest BCUT2D eigenvalue weighted by Crippen LogP contribution is 2.21. The van der Waals surface area contributed by atoms with Crippen molar-refractivity contribution < 1.29 is 23.9 Å². The fourth-order valence-corrected chi connectivity index (χ4v) is 2.86. The first kappa shape index (κ1) is 21.8. The fourth-order valence-electron chi connectivity index (χ4n) is 2.86. The molecule has 0 saturated carbocycles. The molecule has 1 amide bonds. The van der Waals surface area contributed by atoms with Gasteiger partial charge in [-0.3, -0.25) is 9.59 Å². The fraction of sp³-hybridized carbons (Fsp3) is 0.160. The van der Waals surface area contributed by atoms with Crippen LogP contribution in [-0.4, -0.2) is 24.3 Å². The van der Waals surface area contributed by atoms with E-state index in [1.165, 1.54) is 6.92 Å². The van der Waals surface area contributed by atoms with Crippen LogP contribution in [0.2, 0.25) is 0 Å². The van der Waals surface area contributed by atoms with Crippen LogP contribution in [0.3, 0.4) is 0 Å². The standard InChI is InChI=1S/C25H23NO5/c1-17-11-13-21(14-12-17)26-25(29)24(19-7-4-3-5-8-19)31-23(28)16-30-22-10-6-9-20(15-22)18(2)27/h3-15,24H,16H2,1-2H3,(H,26,29)/t24-/m0/s1. The Labute approximate surface area is 180 Å². The Bertz CT molecular complexity index is 1060. The summed E-state index contributed by atoms with van der Waals surface area (Å²) < 4.78 is 10.9. The van der Waals surface area contributed by atoms with E-state index < -0.39 is 24.6 Å². The molecule has 158 valence electrons. The summed E-state index contributed by atoms with van der Waals surface area (Å²) in [5, 5.41) is 2.77.